The van der Waals surface area contributed by atoms with Crippen molar-refractivity contribution < 1.29 is 9.29 Å². The van der Waals surface area contributed by atoms with E-state index in [9.17, 15) is 9.90 Å². The molecule has 1 aromatic heterocycles. The van der Waals surface area contributed by atoms with Gasteiger partial charge in [0.15, 0.2) is 5.75 Å². The summed E-state index contributed by atoms with van der Waals surface area (Å²) in [6.07, 6.45) is 0. The first-order valence-electron chi connectivity index (χ1n) is 6.06. The third-order valence-corrected chi connectivity index (χ3v) is 3.40. The molecule has 5 nitrogen and oxygen atoms in total. The predicted octanol–water partition coefficient (Wildman–Crippen LogP) is 2.30. The van der Waals surface area contributed by atoms with E-state index in [4.69, 9.17) is 4.18 Å². The number of aryl methyl sites for hydroxylation is 4. The van der Waals surface area contributed by atoms with Gasteiger partial charge in [-0.3, -0.25) is 4.79 Å². The number of rotatable bonds is 2. The first-order chi connectivity index (χ1) is 9.36. The van der Waals surface area contributed by atoms with Gasteiger partial charge in [-0.15, -0.1) is 0 Å². The molecule has 1 heterocycles. The predicted molar refractivity (Wildman–Crippen MR) is 80.4 cm³/mol. The minimum absolute atomic E-state index is 0.166. The van der Waals surface area contributed by atoms with Crippen LogP contribution < -0.4 is 9.74 Å². The van der Waals surface area contributed by atoms with Crippen molar-refractivity contribution in [1.82, 2.24) is 9.78 Å². The van der Waals surface area contributed by atoms with Gasteiger partial charge in [0.05, 0.1) is 5.56 Å². The smallest absolute Gasteiger partial charge is 0.278 e. The summed E-state index contributed by atoms with van der Waals surface area (Å²) in [5.41, 5.74) is 3.03. The van der Waals surface area contributed by atoms with Crippen molar-refractivity contribution in [3.63, 3.8) is 0 Å². The van der Waals surface area contributed by atoms with Gasteiger partial charge in [0, 0.05) is 20.0 Å². The van der Waals surface area contributed by atoms with Crippen molar-refractivity contribution in [2.24, 2.45) is 7.05 Å². The second-order valence-corrected chi connectivity index (χ2v) is 4.95. The molecule has 0 spiro atoms. The molecular formula is C14H16N2O3S. The maximum absolute atomic E-state index is 12.4. The first-order valence-corrected chi connectivity index (χ1v) is 6.43. The molecule has 0 aliphatic heterocycles. The molecule has 1 aromatic carbocycles. The molecule has 20 heavy (non-hydrogen) atoms. The topological polar surface area (TPSA) is 64.3 Å². The van der Waals surface area contributed by atoms with Crippen LogP contribution in [-0.2, 0) is 7.05 Å². The van der Waals surface area contributed by atoms with Crippen LogP contribution in [0.4, 0.5) is 0 Å². The summed E-state index contributed by atoms with van der Waals surface area (Å²) in [6.45, 7) is 5.42. The number of hydrogen-bond acceptors (Lipinski definition) is 5. The third kappa shape index (κ3) is 2.27. The fraction of sp³-hybridized carbons (Fsp3) is 0.286. The highest BCUT2D eigenvalue weighted by Crippen LogP contribution is 2.35. The lowest BCUT2D eigenvalue weighted by atomic mass is 9.95. The molecule has 0 bridgehead atoms. The van der Waals surface area contributed by atoms with Crippen molar-refractivity contribution in [1.29, 1.82) is 0 Å². The highest BCUT2D eigenvalue weighted by atomic mass is 32.1. The van der Waals surface area contributed by atoms with Crippen molar-refractivity contribution in [2.75, 3.05) is 0 Å². The third-order valence-electron chi connectivity index (χ3n) is 3.22. The zero-order valence-corrected chi connectivity index (χ0v) is 12.7. The summed E-state index contributed by atoms with van der Waals surface area (Å²) in [5.74, 6) is 0.507. The number of phenols is 1. The number of nitrogens with zero attached hydrogens (tertiary/aromatic N) is 2. The molecule has 2 aromatic rings. The van der Waals surface area contributed by atoms with Gasteiger partial charge in [-0.25, -0.2) is 4.68 Å². The maximum Gasteiger partial charge on any atom is 0.278 e. The standard InChI is InChI=1S/C14H16N2O3S/c1-7-5-10(17)6-8(2)11(7)12-13(19-20)9(3)15-16(4)14(12)18/h5-6,17,20H,1-4H3. The van der Waals surface area contributed by atoms with Gasteiger partial charge in [-0.05, 0) is 49.6 Å². The average molecular weight is 292 g/mol. The van der Waals surface area contributed by atoms with Crippen molar-refractivity contribution in [2.45, 2.75) is 20.8 Å². The maximum atomic E-state index is 12.4. The minimum Gasteiger partial charge on any atom is -0.508 e. The van der Waals surface area contributed by atoms with Crippen LogP contribution in [0.25, 0.3) is 11.1 Å². The molecule has 0 saturated carbocycles. The molecule has 0 atom stereocenters. The van der Waals surface area contributed by atoms with E-state index in [0.717, 1.165) is 16.7 Å². The van der Waals surface area contributed by atoms with Gasteiger partial charge >= 0.3 is 0 Å². The Bertz CT molecular complexity index is 715. The van der Waals surface area contributed by atoms with Crippen LogP contribution in [0.2, 0.25) is 0 Å². The highest BCUT2D eigenvalue weighted by molar-refractivity contribution is 7.75. The van der Waals surface area contributed by atoms with E-state index in [1.165, 1.54) is 4.68 Å². The Balaban J connectivity index is 2.93. The number of phenolic OH excluding ortho intramolecular Hbond substituents is 1. The molecule has 1 N–H and O–H groups in total. The van der Waals surface area contributed by atoms with Gasteiger partial charge in [-0.1, -0.05) is 0 Å². The highest BCUT2D eigenvalue weighted by Gasteiger charge is 2.20. The molecule has 0 amide bonds. The molecule has 0 aliphatic carbocycles. The Morgan fingerprint density at radius 2 is 1.75 bits per heavy atom. The zero-order valence-electron chi connectivity index (χ0n) is 11.8. The molecule has 0 fully saturated rings. The van der Waals surface area contributed by atoms with Crippen LogP contribution in [0.15, 0.2) is 16.9 Å². The van der Waals surface area contributed by atoms with Crippen LogP contribution in [-0.4, -0.2) is 14.9 Å². The fourth-order valence-electron chi connectivity index (χ4n) is 2.42. The first kappa shape index (κ1) is 14.5. The van der Waals surface area contributed by atoms with E-state index in [1.807, 2.05) is 13.8 Å². The number of aromatic nitrogens is 2. The van der Waals surface area contributed by atoms with E-state index < -0.39 is 0 Å². The van der Waals surface area contributed by atoms with Gasteiger partial charge in [0.2, 0.25) is 0 Å². The zero-order chi connectivity index (χ0) is 15.0. The fourth-order valence-corrected chi connectivity index (χ4v) is 2.65. The Hall–Kier alpha value is -1.95. The molecular weight excluding hydrogens is 276 g/mol. The lowest BCUT2D eigenvalue weighted by Crippen LogP contribution is -2.23. The second-order valence-electron chi connectivity index (χ2n) is 4.76. The van der Waals surface area contributed by atoms with Crippen molar-refractivity contribution in [3.8, 4) is 22.6 Å². The summed E-state index contributed by atoms with van der Waals surface area (Å²) in [6, 6.07) is 3.22. The molecule has 0 saturated heterocycles. The Kier molecular flexibility index (Phi) is 3.76. The van der Waals surface area contributed by atoms with Gasteiger partial charge in [0.25, 0.3) is 5.56 Å². The number of hydrogen-bond donors (Lipinski definition) is 2. The summed E-state index contributed by atoms with van der Waals surface area (Å²) in [4.78, 5) is 12.4. The van der Waals surface area contributed by atoms with E-state index in [2.05, 4.69) is 18.0 Å². The van der Waals surface area contributed by atoms with E-state index in [1.54, 1.807) is 26.1 Å². The average Bonchev–Trinajstić information content (AvgIpc) is 2.34. The van der Waals surface area contributed by atoms with Gasteiger partial charge < -0.3 is 9.29 Å². The van der Waals surface area contributed by atoms with E-state index >= 15 is 0 Å². The SMILES string of the molecule is Cc1cc(O)cc(C)c1-c1c(OS)c(C)nn(C)c1=O. The quantitative estimate of drug-likeness (QED) is 0.658. The van der Waals surface area contributed by atoms with E-state index in [0.29, 0.717) is 17.0 Å². The Labute approximate surface area is 122 Å². The van der Waals surface area contributed by atoms with E-state index in [-0.39, 0.29) is 11.3 Å². The van der Waals surface area contributed by atoms with Crippen LogP contribution in [0, 0.1) is 20.8 Å². The lowest BCUT2D eigenvalue weighted by molar-refractivity contribution is 0.474. The Morgan fingerprint density at radius 1 is 1.20 bits per heavy atom. The van der Waals surface area contributed by atoms with Crippen LogP contribution in [0.1, 0.15) is 16.8 Å². The summed E-state index contributed by atoms with van der Waals surface area (Å²) in [7, 11) is 1.59. The van der Waals surface area contributed by atoms with Crippen molar-refractivity contribution in [3.05, 3.63) is 39.3 Å². The van der Waals surface area contributed by atoms with Crippen LogP contribution in [0.3, 0.4) is 0 Å². The molecule has 0 radical (unpaired) electrons. The van der Waals surface area contributed by atoms with Crippen LogP contribution in [0.5, 0.6) is 11.5 Å². The Morgan fingerprint density at radius 3 is 2.25 bits per heavy atom. The van der Waals surface area contributed by atoms with Gasteiger partial charge in [-0.2, -0.15) is 5.10 Å². The second kappa shape index (κ2) is 5.20. The molecule has 0 aliphatic rings. The minimum atomic E-state index is -0.267. The molecule has 0 unspecified atom stereocenters. The summed E-state index contributed by atoms with van der Waals surface area (Å²) < 4.78 is 6.33. The number of aromatic hydroxyl groups is 1. The number of benzene rings is 1. The van der Waals surface area contributed by atoms with Crippen molar-refractivity contribution >= 4 is 12.9 Å². The largest absolute Gasteiger partial charge is 0.508 e. The molecule has 2 rings (SSSR count). The summed E-state index contributed by atoms with van der Waals surface area (Å²) >= 11 is 3.83. The normalized spacial score (nSPS) is 10.7. The van der Waals surface area contributed by atoms with Crippen LogP contribution >= 0.6 is 12.9 Å². The molecule has 6 heteroatoms. The number of thiol groups is 1. The monoisotopic (exact) mass is 292 g/mol. The lowest BCUT2D eigenvalue weighted by Gasteiger charge is -2.15. The molecule has 106 valence electrons. The van der Waals surface area contributed by atoms with Gasteiger partial charge in [0.1, 0.15) is 11.4 Å². The summed E-state index contributed by atoms with van der Waals surface area (Å²) in [5, 5.41) is 13.7.